The largest absolute Gasteiger partial charge is 0.458 e. The maximum atomic E-state index is 14.4. The summed E-state index contributed by atoms with van der Waals surface area (Å²) >= 11 is 0. The molecule has 3 nitrogen and oxygen atoms in total. The summed E-state index contributed by atoms with van der Waals surface area (Å²) in [5, 5.41) is 3.11. The van der Waals surface area contributed by atoms with E-state index in [4.69, 9.17) is 4.74 Å². The van der Waals surface area contributed by atoms with E-state index in [0.717, 1.165) is 19.4 Å². The maximum absolute atomic E-state index is 14.4. The Balaban J connectivity index is 0.00000256. The molecule has 16 heavy (non-hydrogen) atoms. The third kappa shape index (κ3) is 4.08. The Hall–Kier alpha value is -0.640. The van der Waals surface area contributed by atoms with Gasteiger partial charge in [-0.25, -0.2) is 9.18 Å². The third-order valence-corrected chi connectivity index (χ3v) is 2.64. The fourth-order valence-corrected chi connectivity index (χ4v) is 1.77. The van der Waals surface area contributed by atoms with E-state index in [2.05, 4.69) is 5.32 Å². The quantitative estimate of drug-likeness (QED) is 0.707. The normalized spacial score (nSPS) is 28.0. The maximum Gasteiger partial charge on any atom is 0.344 e. The Kier molecular flexibility index (Phi) is 4.30. The minimum absolute atomic E-state index is 0. The minimum atomic E-state index is -1.80. The monoisotopic (exact) mass is 233 g/mol. The molecule has 1 aliphatic rings. The minimum Gasteiger partial charge on any atom is -0.458 e. The summed E-state index contributed by atoms with van der Waals surface area (Å²) in [6, 6.07) is 0. The molecule has 0 radical (unpaired) electrons. The Bertz CT molecular complexity index is 245. The second-order valence-electron chi connectivity index (χ2n) is 5.42. The smallest absolute Gasteiger partial charge is 0.344 e. The zero-order valence-corrected chi connectivity index (χ0v) is 10.4. The summed E-state index contributed by atoms with van der Waals surface area (Å²) in [4.78, 5) is 11.8. The summed E-state index contributed by atoms with van der Waals surface area (Å²) in [5.41, 5.74) is -2.42. The number of alkyl halides is 1. The van der Waals surface area contributed by atoms with Crippen LogP contribution in [-0.2, 0) is 9.53 Å². The molecule has 0 saturated carbocycles. The molecule has 0 amide bonds. The van der Waals surface area contributed by atoms with Crippen LogP contribution in [0.1, 0.15) is 47.9 Å². The highest BCUT2D eigenvalue weighted by molar-refractivity contribution is 5.79. The number of rotatable bonds is 1. The first-order valence-corrected chi connectivity index (χ1v) is 5.97. The van der Waals surface area contributed by atoms with Gasteiger partial charge < -0.3 is 10.1 Å². The standard InChI is InChI=1S/C12H22FNO2.H2/c1-11(2,3)16-10(15)12(13)6-4-5-8-14-9-7-12;/h14H,4-9H2,1-3H3;1H. The van der Waals surface area contributed by atoms with E-state index < -0.39 is 17.2 Å². The number of carbonyl (C=O) groups is 1. The van der Waals surface area contributed by atoms with Crippen LogP contribution < -0.4 is 5.32 Å². The molecular formula is C12H24FNO2. The van der Waals surface area contributed by atoms with Gasteiger partial charge in [0, 0.05) is 7.85 Å². The molecule has 0 aromatic carbocycles. The fourth-order valence-electron chi connectivity index (χ4n) is 1.77. The van der Waals surface area contributed by atoms with Crippen LogP contribution in [0, 0.1) is 0 Å². The molecule has 1 fully saturated rings. The highest BCUT2D eigenvalue weighted by atomic mass is 19.1. The first-order chi connectivity index (χ1) is 7.33. The number of halogens is 1. The van der Waals surface area contributed by atoms with Crippen LogP contribution >= 0.6 is 0 Å². The van der Waals surface area contributed by atoms with Crippen LogP contribution in [-0.4, -0.2) is 30.3 Å². The Morgan fingerprint density at radius 1 is 1.31 bits per heavy atom. The molecule has 4 heteroatoms. The van der Waals surface area contributed by atoms with E-state index in [9.17, 15) is 9.18 Å². The van der Waals surface area contributed by atoms with Crippen LogP contribution in [0.2, 0.25) is 0 Å². The van der Waals surface area contributed by atoms with Crippen LogP contribution in [0.15, 0.2) is 0 Å². The van der Waals surface area contributed by atoms with Crippen molar-refractivity contribution >= 4 is 5.97 Å². The zero-order valence-electron chi connectivity index (χ0n) is 10.4. The molecule has 1 unspecified atom stereocenters. The fraction of sp³-hybridized carbons (Fsp3) is 0.917. The average Bonchev–Trinajstić information content (AvgIpc) is 2.08. The molecule has 0 bridgehead atoms. The second kappa shape index (κ2) is 5.13. The molecule has 1 N–H and O–H groups in total. The molecular weight excluding hydrogens is 209 g/mol. The molecule has 1 rings (SSSR count). The van der Waals surface area contributed by atoms with Gasteiger partial charge >= 0.3 is 5.97 Å². The van der Waals surface area contributed by atoms with E-state index in [1.807, 2.05) is 0 Å². The lowest BCUT2D eigenvalue weighted by atomic mass is 9.93. The van der Waals surface area contributed by atoms with Gasteiger partial charge in [0.05, 0.1) is 0 Å². The molecule has 0 aromatic rings. The van der Waals surface area contributed by atoms with E-state index in [0.29, 0.717) is 6.54 Å². The molecule has 0 spiro atoms. The number of ether oxygens (including phenoxy) is 1. The molecule has 96 valence electrons. The van der Waals surface area contributed by atoms with Gasteiger partial charge in [-0.3, -0.25) is 0 Å². The zero-order chi connectivity index (χ0) is 12.2. The number of nitrogens with one attached hydrogen (secondary N) is 1. The summed E-state index contributed by atoms with van der Waals surface area (Å²) in [6.45, 7) is 6.72. The van der Waals surface area contributed by atoms with Gasteiger partial charge in [0.15, 0.2) is 0 Å². The van der Waals surface area contributed by atoms with Crippen molar-refractivity contribution in [3.05, 3.63) is 0 Å². The van der Waals surface area contributed by atoms with Gasteiger partial charge in [0.1, 0.15) is 5.60 Å². The number of hydrogen-bond donors (Lipinski definition) is 1. The molecule has 1 saturated heterocycles. The highest BCUT2D eigenvalue weighted by Crippen LogP contribution is 2.28. The molecule has 0 aliphatic carbocycles. The Morgan fingerprint density at radius 3 is 2.62 bits per heavy atom. The lowest BCUT2D eigenvalue weighted by Crippen LogP contribution is -2.43. The van der Waals surface area contributed by atoms with E-state index in [-0.39, 0.29) is 14.3 Å². The highest BCUT2D eigenvalue weighted by Gasteiger charge is 2.41. The van der Waals surface area contributed by atoms with Crippen LogP contribution in [0.3, 0.4) is 0 Å². The van der Waals surface area contributed by atoms with Gasteiger partial charge in [0.25, 0.3) is 0 Å². The number of carbonyl (C=O) groups excluding carboxylic acids is 1. The van der Waals surface area contributed by atoms with Gasteiger partial charge in [-0.05, 0) is 53.1 Å². The summed E-state index contributed by atoms with van der Waals surface area (Å²) in [5.74, 6) is -0.705. The molecule has 0 aromatic heterocycles. The second-order valence-corrected chi connectivity index (χ2v) is 5.42. The SMILES string of the molecule is CC(C)(C)OC(=O)C1(F)CCCCNCC1.[HH]. The van der Waals surface area contributed by atoms with Gasteiger partial charge in [-0.1, -0.05) is 0 Å². The number of esters is 1. The van der Waals surface area contributed by atoms with Crippen molar-refractivity contribution in [2.75, 3.05) is 13.1 Å². The van der Waals surface area contributed by atoms with Crippen molar-refractivity contribution in [2.24, 2.45) is 0 Å². The topological polar surface area (TPSA) is 38.3 Å². The Morgan fingerprint density at radius 2 is 2.00 bits per heavy atom. The molecule has 1 aliphatic heterocycles. The van der Waals surface area contributed by atoms with Crippen molar-refractivity contribution in [3.63, 3.8) is 0 Å². The lowest BCUT2D eigenvalue weighted by Gasteiger charge is -2.29. The van der Waals surface area contributed by atoms with Gasteiger partial charge in [-0.15, -0.1) is 0 Å². The van der Waals surface area contributed by atoms with E-state index in [1.54, 1.807) is 20.8 Å². The predicted molar refractivity (Wildman–Crippen MR) is 63.1 cm³/mol. The van der Waals surface area contributed by atoms with Crippen molar-refractivity contribution in [2.45, 2.75) is 57.7 Å². The van der Waals surface area contributed by atoms with Crippen LogP contribution in [0.4, 0.5) is 4.39 Å². The lowest BCUT2D eigenvalue weighted by molar-refractivity contribution is -0.171. The van der Waals surface area contributed by atoms with E-state index >= 15 is 0 Å². The van der Waals surface area contributed by atoms with Crippen molar-refractivity contribution < 1.29 is 15.3 Å². The average molecular weight is 233 g/mol. The van der Waals surface area contributed by atoms with Crippen molar-refractivity contribution in [1.82, 2.24) is 5.32 Å². The first-order valence-electron chi connectivity index (χ1n) is 5.97. The summed E-state index contributed by atoms with van der Waals surface area (Å²) in [7, 11) is 0. The Labute approximate surface area is 98.2 Å². The van der Waals surface area contributed by atoms with Gasteiger partial charge in [-0.2, -0.15) is 0 Å². The third-order valence-electron chi connectivity index (χ3n) is 2.64. The molecule has 1 heterocycles. The number of hydrogen-bond acceptors (Lipinski definition) is 3. The summed E-state index contributed by atoms with van der Waals surface area (Å²) in [6.07, 6.45) is 2.13. The summed E-state index contributed by atoms with van der Waals surface area (Å²) < 4.78 is 19.6. The molecule has 1 atom stereocenters. The first kappa shape index (κ1) is 13.4. The van der Waals surface area contributed by atoms with Crippen LogP contribution in [0.25, 0.3) is 0 Å². The van der Waals surface area contributed by atoms with Crippen molar-refractivity contribution in [3.8, 4) is 0 Å². The van der Waals surface area contributed by atoms with Crippen LogP contribution in [0.5, 0.6) is 0 Å². The van der Waals surface area contributed by atoms with E-state index in [1.165, 1.54) is 0 Å². The van der Waals surface area contributed by atoms with Crippen molar-refractivity contribution in [1.29, 1.82) is 0 Å². The van der Waals surface area contributed by atoms with Gasteiger partial charge in [0.2, 0.25) is 5.67 Å². The predicted octanol–water partition coefficient (Wildman–Crippen LogP) is 2.45.